The molecule has 0 spiro atoms. The van der Waals surface area contributed by atoms with E-state index in [9.17, 15) is 21.6 Å². The normalized spacial score (nSPS) is 23.7. The molecule has 2 rings (SSSR count). The Bertz CT molecular complexity index is 648. The van der Waals surface area contributed by atoms with Gasteiger partial charge < -0.3 is 10.5 Å². The van der Waals surface area contributed by atoms with Crippen LogP contribution in [0.15, 0.2) is 29.2 Å². The molecule has 22 heavy (non-hydrogen) atoms. The molecular weight excluding hydrogens is 321 g/mol. The van der Waals surface area contributed by atoms with Crippen molar-refractivity contribution in [3.8, 4) is 5.75 Å². The van der Waals surface area contributed by atoms with Gasteiger partial charge in [0.1, 0.15) is 10.6 Å². The van der Waals surface area contributed by atoms with Crippen molar-refractivity contribution in [2.45, 2.75) is 24.6 Å². The van der Waals surface area contributed by atoms with E-state index < -0.39 is 27.0 Å². The van der Waals surface area contributed by atoms with Crippen LogP contribution in [0.3, 0.4) is 0 Å². The summed E-state index contributed by atoms with van der Waals surface area (Å²) >= 11 is 0. The lowest BCUT2D eigenvalue weighted by atomic mass is 9.90. The highest BCUT2D eigenvalue weighted by Gasteiger charge is 2.41. The second-order valence-electron chi connectivity index (χ2n) is 5.60. The van der Waals surface area contributed by atoms with Crippen molar-refractivity contribution in [2.24, 2.45) is 11.1 Å². The molecule has 1 saturated heterocycles. The fraction of sp³-hybridized carbons (Fsp3) is 0.538. The number of hydrogen-bond acceptors (Lipinski definition) is 4. The minimum atomic E-state index is -4.96. The number of rotatable bonds is 4. The maximum Gasteiger partial charge on any atom is 0.573 e. The number of nitrogens with zero attached hydrogens (tertiary/aromatic N) is 1. The summed E-state index contributed by atoms with van der Waals surface area (Å²) in [5.41, 5.74) is 5.26. The lowest BCUT2D eigenvalue weighted by Crippen LogP contribution is -2.35. The predicted octanol–water partition coefficient (Wildman–Crippen LogP) is 1.94. The van der Waals surface area contributed by atoms with E-state index in [1.54, 1.807) is 0 Å². The Balaban J connectivity index is 2.35. The van der Waals surface area contributed by atoms with E-state index in [-0.39, 0.29) is 18.5 Å². The summed E-state index contributed by atoms with van der Waals surface area (Å²) in [6.45, 7) is 2.54. The number of benzene rings is 1. The van der Waals surface area contributed by atoms with Gasteiger partial charge in [-0.15, -0.1) is 13.2 Å². The molecule has 0 aromatic heterocycles. The minimum Gasteiger partial charge on any atom is -0.404 e. The fourth-order valence-electron chi connectivity index (χ4n) is 2.36. The van der Waals surface area contributed by atoms with E-state index >= 15 is 0 Å². The summed E-state index contributed by atoms with van der Waals surface area (Å²) in [6, 6.07) is 4.73. The summed E-state index contributed by atoms with van der Waals surface area (Å²) in [7, 11) is -4.07. The molecule has 1 aliphatic heterocycles. The number of halogens is 3. The topological polar surface area (TPSA) is 72.6 Å². The SMILES string of the molecule is CC1(CN)CCN(S(=O)(=O)c2ccccc2OC(F)(F)F)C1. The van der Waals surface area contributed by atoms with Gasteiger partial charge in [0.05, 0.1) is 0 Å². The number of hydrogen-bond donors (Lipinski definition) is 1. The first-order valence-electron chi connectivity index (χ1n) is 6.62. The van der Waals surface area contributed by atoms with E-state index in [0.717, 1.165) is 16.4 Å². The third-order valence-corrected chi connectivity index (χ3v) is 5.59. The van der Waals surface area contributed by atoms with Crippen LogP contribution in [-0.2, 0) is 10.0 Å². The van der Waals surface area contributed by atoms with Gasteiger partial charge in [-0.25, -0.2) is 8.42 Å². The minimum absolute atomic E-state index is 0.173. The maximum atomic E-state index is 12.6. The van der Waals surface area contributed by atoms with Gasteiger partial charge in [0.2, 0.25) is 10.0 Å². The molecule has 5 nitrogen and oxygen atoms in total. The van der Waals surface area contributed by atoms with Crippen LogP contribution < -0.4 is 10.5 Å². The molecule has 1 heterocycles. The lowest BCUT2D eigenvalue weighted by Gasteiger charge is -2.23. The van der Waals surface area contributed by atoms with Crippen LogP contribution in [0.4, 0.5) is 13.2 Å². The smallest absolute Gasteiger partial charge is 0.404 e. The number of nitrogens with two attached hydrogens (primary N) is 1. The molecule has 0 amide bonds. The zero-order chi connectivity index (χ0) is 16.6. The van der Waals surface area contributed by atoms with Crippen molar-refractivity contribution in [2.75, 3.05) is 19.6 Å². The van der Waals surface area contributed by atoms with Crippen LogP contribution in [0.2, 0.25) is 0 Å². The summed E-state index contributed by atoms with van der Waals surface area (Å²) in [5, 5.41) is 0. The van der Waals surface area contributed by atoms with Crippen molar-refractivity contribution in [3.05, 3.63) is 24.3 Å². The third-order valence-electron chi connectivity index (χ3n) is 3.71. The second kappa shape index (κ2) is 5.71. The largest absolute Gasteiger partial charge is 0.573 e. The predicted molar refractivity (Wildman–Crippen MR) is 73.7 cm³/mol. The number of sulfonamides is 1. The number of ether oxygens (including phenoxy) is 1. The zero-order valence-electron chi connectivity index (χ0n) is 11.9. The van der Waals surface area contributed by atoms with Crippen molar-refractivity contribution < 1.29 is 26.3 Å². The Labute approximate surface area is 126 Å². The first-order valence-corrected chi connectivity index (χ1v) is 8.06. The Hall–Kier alpha value is -1.32. The Morgan fingerprint density at radius 1 is 1.36 bits per heavy atom. The Morgan fingerprint density at radius 3 is 2.55 bits per heavy atom. The number of alkyl halides is 3. The summed E-state index contributed by atoms with van der Waals surface area (Å²) in [5.74, 6) is -0.726. The van der Waals surface area contributed by atoms with Gasteiger partial charge in [-0.3, -0.25) is 0 Å². The van der Waals surface area contributed by atoms with Crippen LogP contribution in [0.1, 0.15) is 13.3 Å². The summed E-state index contributed by atoms with van der Waals surface area (Å²) in [4.78, 5) is -0.492. The van der Waals surface area contributed by atoms with Gasteiger partial charge >= 0.3 is 6.36 Å². The molecule has 2 N–H and O–H groups in total. The van der Waals surface area contributed by atoms with E-state index in [0.29, 0.717) is 13.0 Å². The lowest BCUT2D eigenvalue weighted by molar-refractivity contribution is -0.275. The van der Waals surface area contributed by atoms with E-state index in [4.69, 9.17) is 5.73 Å². The average Bonchev–Trinajstić information content (AvgIpc) is 2.82. The molecular formula is C13H17F3N2O3S. The third kappa shape index (κ3) is 3.53. The molecule has 1 aromatic rings. The van der Waals surface area contributed by atoms with Crippen LogP contribution in [-0.4, -0.2) is 38.7 Å². The Morgan fingerprint density at radius 2 is 2.00 bits per heavy atom. The highest BCUT2D eigenvalue weighted by Crippen LogP contribution is 2.36. The van der Waals surface area contributed by atoms with Gasteiger partial charge in [0, 0.05) is 13.1 Å². The van der Waals surface area contributed by atoms with E-state index in [2.05, 4.69) is 4.74 Å². The van der Waals surface area contributed by atoms with Crippen LogP contribution in [0, 0.1) is 5.41 Å². The molecule has 124 valence electrons. The quantitative estimate of drug-likeness (QED) is 0.911. The molecule has 0 saturated carbocycles. The second-order valence-corrected chi connectivity index (χ2v) is 7.50. The summed E-state index contributed by atoms with van der Waals surface area (Å²) < 4.78 is 67.4. The maximum absolute atomic E-state index is 12.6. The van der Waals surface area contributed by atoms with Crippen LogP contribution in [0.5, 0.6) is 5.75 Å². The zero-order valence-corrected chi connectivity index (χ0v) is 12.7. The van der Waals surface area contributed by atoms with Gasteiger partial charge in [0.25, 0.3) is 0 Å². The molecule has 1 unspecified atom stereocenters. The molecule has 1 fully saturated rings. The molecule has 0 radical (unpaired) electrons. The first kappa shape index (κ1) is 17.0. The van der Waals surface area contributed by atoms with Gasteiger partial charge in [-0.05, 0) is 30.5 Å². The summed E-state index contributed by atoms with van der Waals surface area (Å²) in [6.07, 6.45) is -4.40. The fourth-order valence-corrected chi connectivity index (χ4v) is 4.07. The molecule has 1 aromatic carbocycles. The number of para-hydroxylation sites is 1. The first-order chi connectivity index (χ1) is 10.1. The van der Waals surface area contributed by atoms with Crippen molar-refractivity contribution >= 4 is 10.0 Å². The van der Waals surface area contributed by atoms with Crippen LogP contribution >= 0.6 is 0 Å². The molecule has 0 aliphatic carbocycles. The molecule has 1 aliphatic rings. The van der Waals surface area contributed by atoms with Crippen molar-refractivity contribution in [3.63, 3.8) is 0 Å². The van der Waals surface area contributed by atoms with Gasteiger partial charge in [-0.1, -0.05) is 19.1 Å². The van der Waals surface area contributed by atoms with Gasteiger partial charge in [-0.2, -0.15) is 4.31 Å². The van der Waals surface area contributed by atoms with Crippen molar-refractivity contribution in [1.82, 2.24) is 4.31 Å². The van der Waals surface area contributed by atoms with Crippen LogP contribution in [0.25, 0.3) is 0 Å². The van der Waals surface area contributed by atoms with Crippen molar-refractivity contribution in [1.29, 1.82) is 0 Å². The Kier molecular flexibility index (Phi) is 4.42. The average molecular weight is 338 g/mol. The van der Waals surface area contributed by atoms with Gasteiger partial charge in [0.15, 0.2) is 0 Å². The molecule has 0 bridgehead atoms. The molecule has 9 heteroatoms. The monoisotopic (exact) mass is 338 g/mol. The molecule has 1 atom stereocenters. The standard InChI is InChI=1S/C13H17F3N2O3S/c1-12(8-17)6-7-18(9-12)22(19,20)11-5-3-2-4-10(11)21-13(14,15)16/h2-5H,6-9,17H2,1H3. The van der Waals surface area contributed by atoms with E-state index in [1.807, 2.05) is 6.92 Å². The highest BCUT2D eigenvalue weighted by molar-refractivity contribution is 7.89. The highest BCUT2D eigenvalue weighted by atomic mass is 32.2. The van der Waals surface area contributed by atoms with E-state index in [1.165, 1.54) is 12.1 Å².